The van der Waals surface area contributed by atoms with Crippen LogP contribution < -0.4 is 14.8 Å². The van der Waals surface area contributed by atoms with Crippen molar-refractivity contribution in [3.05, 3.63) is 59.7 Å². The maximum absolute atomic E-state index is 13.2. The fourth-order valence-electron chi connectivity index (χ4n) is 4.54. The molecule has 5 N–H and O–H groups in total. The first kappa shape index (κ1) is 33.6. The van der Waals surface area contributed by atoms with E-state index in [9.17, 15) is 39.6 Å². The van der Waals surface area contributed by atoms with Gasteiger partial charge in [-0.25, -0.2) is 4.79 Å². The molecule has 0 aromatic heterocycles. The topological polar surface area (TPSA) is 207 Å². The smallest absolute Gasteiger partial charge is 0.367 e. The number of aliphatic hydroxyl groups is 4. The van der Waals surface area contributed by atoms with Gasteiger partial charge in [-0.05, 0) is 12.1 Å². The van der Waals surface area contributed by atoms with Gasteiger partial charge < -0.3 is 49.4 Å². The maximum atomic E-state index is 13.2. The Kier molecular flexibility index (Phi) is 11.7. The van der Waals surface area contributed by atoms with Crippen molar-refractivity contribution in [2.45, 2.75) is 76.6 Å². The molecular weight excluding hydrogens is 570 g/mol. The van der Waals surface area contributed by atoms with Gasteiger partial charge in [0.05, 0.1) is 19.1 Å². The van der Waals surface area contributed by atoms with Gasteiger partial charge in [0.25, 0.3) is 5.79 Å². The van der Waals surface area contributed by atoms with Crippen LogP contribution in [0.4, 0.5) is 0 Å². The second kappa shape index (κ2) is 15.0. The molecular formula is C29H35NO13. The molecule has 14 nitrogen and oxygen atoms in total. The average Bonchev–Trinajstić information content (AvgIpc) is 2.94. The third kappa shape index (κ3) is 9.03. The van der Waals surface area contributed by atoms with Crippen molar-refractivity contribution in [3.8, 4) is 11.5 Å². The van der Waals surface area contributed by atoms with Gasteiger partial charge in [0.15, 0.2) is 0 Å². The van der Waals surface area contributed by atoms with Crippen molar-refractivity contribution in [3.63, 3.8) is 0 Å². The van der Waals surface area contributed by atoms with Gasteiger partial charge in [0.2, 0.25) is 0 Å². The van der Waals surface area contributed by atoms with Crippen molar-refractivity contribution < 1.29 is 63.3 Å². The van der Waals surface area contributed by atoms with Crippen molar-refractivity contribution in [1.29, 1.82) is 0 Å². The molecule has 43 heavy (non-hydrogen) atoms. The van der Waals surface area contributed by atoms with Crippen LogP contribution in [0.2, 0.25) is 0 Å². The monoisotopic (exact) mass is 605 g/mol. The lowest BCUT2D eigenvalue weighted by Crippen LogP contribution is -2.67. The number of carbonyl (C=O) groups is 4. The third-order valence-corrected chi connectivity index (χ3v) is 6.46. The van der Waals surface area contributed by atoms with Gasteiger partial charge in [-0.15, -0.1) is 0 Å². The van der Waals surface area contributed by atoms with E-state index in [2.05, 4.69) is 5.32 Å². The lowest BCUT2D eigenvalue weighted by atomic mass is 9.88. The first-order valence-corrected chi connectivity index (χ1v) is 13.3. The number of carbonyl (C=O) groups excluding carboxylic acids is 4. The Morgan fingerprint density at radius 3 is 2.05 bits per heavy atom. The van der Waals surface area contributed by atoms with Gasteiger partial charge in [0, 0.05) is 38.4 Å². The largest absolute Gasteiger partial charge is 0.461 e. The van der Waals surface area contributed by atoms with Crippen molar-refractivity contribution in [1.82, 2.24) is 5.32 Å². The first-order chi connectivity index (χ1) is 20.3. The molecule has 0 saturated carbocycles. The van der Waals surface area contributed by atoms with Crippen LogP contribution in [0.1, 0.15) is 38.3 Å². The second-order valence-corrected chi connectivity index (χ2v) is 9.84. The molecule has 1 fully saturated rings. The zero-order valence-corrected chi connectivity index (χ0v) is 23.8. The highest BCUT2D eigenvalue weighted by Gasteiger charge is 2.55. The number of hydrogen-bond acceptors (Lipinski definition) is 14. The highest BCUT2D eigenvalue weighted by molar-refractivity contribution is 5.78. The number of nitrogens with one attached hydrogen (secondary N) is 1. The fourth-order valence-corrected chi connectivity index (χ4v) is 4.54. The molecule has 1 aliphatic rings. The molecule has 234 valence electrons. The van der Waals surface area contributed by atoms with E-state index in [1.54, 1.807) is 36.4 Å². The van der Waals surface area contributed by atoms with E-state index >= 15 is 0 Å². The quantitative estimate of drug-likeness (QED) is 0.158. The summed E-state index contributed by atoms with van der Waals surface area (Å²) in [4.78, 5) is 48.2. The maximum Gasteiger partial charge on any atom is 0.367 e. The highest BCUT2D eigenvalue weighted by atomic mass is 16.7. The molecule has 1 saturated heterocycles. The lowest BCUT2D eigenvalue weighted by Gasteiger charge is -2.46. The summed E-state index contributed by atoms with van der Waals surface area (Å²) in [5.41, 5.74) is 0.780. The second-order valence-electron chi connectivity index (χ2n) is 9.84. The number of ether oxygens (including phenoxy) is 5. The van der Waals surface area contributed by atoms with E-state index in [4.69, 9.17) is 23.7 Å². The van der Waals surface area contributed by atoms with Crippen LogP contribution in [0.3, 0.4) is 0 Å². The molecule has 0 radical (unpaired) electrons. The molecule has 1 heterocycles. The number of aliphatic hydroxyl groups excluding tert-OH is 3. The average molecular weight is 606 g/mol. The van der Waals surface area contributed by atoms with Crippen LogP contribution >= 0.6 is 0 Å². The van der Waals surface area contributed by atoms with Crippen LogP contribution in [0.5, 0.6) is 11.5 Å². The van der Waals surface area contributed by atoms with E-state index in [1.165, 1.54) is 26.0 Å². The molecule has 0 aliphatic carbocycles. The van der Waals surface area contributed by atoms with E-state index in [0.717, 1.165) is 6.92 Å². The number of rotatable bonds is 12. The number of esters is 4. The van der Waals surface area contributed by atoms with Crippen LogP contribution in [0.25, 0.3) is 0 Å². The molecule has 1 aliphatic heterocycles. The third-order valence-electron chi connectivity index (χ3n) is 6.46. The minimum Gasteiger partial charge on any atom is -0.461 e. The minimum absolute atomic E-state index is 0.0382. The summed E-state index contributed by atoms with van der Waals surface area (Å²) < 4.78 is 26.6. The molecule has 0 amide bonds. The Bertz CT molecular complexity index is 1300. The lowest BCUT2D eigenvalue weighted by molar-refractivity contribution is -0.299. The van der Waals surface area contributed by atoms with E-state index < -0.39 is 79.8 Å². The Hall–Kier alpha value is -3.92. The summed E-state index contributed by atoms with van der Waals surface area (Å²) in [5, 5.41) is 45.0. The van der Waals surface area contributed by atoms with Gasteiger partial charge in [-0.1, -0.05) is 36.4 Å². The molecule has 3 rings (SSSR count). The summed E-state index contributed by atoms with van der Waals surface area (Å²) in [6.07, 6.45) is -7.31. The predicted octanol–water partition coefficient (Wildman–Crippen LogP) is -0.138. The Labute approximate surface area is 247 Å². The van der Waals surface area contributed by atoms with Crippen LogP contribution in [0.15, 0.2) is 48.5 Å². The van der Waals surface area contributed by atoms with Gasteiger partial charge >= 0.3 is 23.9 Å². The van der Waals surface area contributed by atoms with E-state index in [1.807, 2.05) is 0 Å². The predicted molar refractivity (Wildman–Crippen MR) is 145 cm³/mol. The normalized spacial score (nSPS) is 23.0. The highest BCUT2D eigenvalue weighted by Crippen LogP contribution is 2.34. The SMILES string of the molecule is CC(=O)Oc1ccccc1CN[C@H]1[C@H]([C@H](O)[C@H](O)CO)OC(O)(C(=O)OCc2ccccc2OC(C)=O)C[C@@H]1OC(C)=O. The Morgan fingerprint density at radius 1 is 0.930 bits per heavy atom. The summed E-state index contributed by atoms with van der Waals surface area (Å²) in [5.74, 6) is -5.72. The van der Waals surface area contributed by atoms with E-state index in [0.29, 0.717) is 11.1 Å². The van der Waals surface area contributed by atoms with Crippen LogP contribution in [0, 0.1) is 0 Å². The summed E-state index contributed by atoms with van der Waals surface area (Å²) in [6.45, 7) is 2.13. The molecule has 1 unspecified atom stereocenters. The van der Waals surface area contributed by atoms with Crippen LogP contribution in [-0.4, -0.2) is 87.2 Å². The summed E-state index contributed by atoms with van der Waals surface area (Å²) >= 11 is 0. The Balaban J connectivity index is 1.89. The van der Waals surface area contributed by atoms with Crippen molar-refractivity contribution in [2.24, 2.45) is 0 Å². The molecule has 2 aromatic rings. The van der Waals surface area contributed by atoms with Crippen molar-refractivity contribution >= 4 is 23.9 Å². The summed E-state index contributed by atoms with van der Waals surface area (Å²) in [6, 6.07) is 11.6. The fraction of sp³-hybridized carbons (Fsp3) is 0.448. The van der Waals surface area contributed by atoms with E-state index in [-0.39, 0.29) is 18.0 Å². The molecule has 0 bridgehead atoms. The molecule has 0 spiro atoms. The summed E-state index contributed by atoms with van der Waals surface area (Å²) in [7, 11) is 0. The van der Waals surface area contributed by atoms with Gasteiger partial charge in [-0.3, -0.25) is 14.4 Å². The number of benzene rings is 2. The zero-order chi connectivity index (χ0) is 31.7. The molecule has 2 aromatic carbocycles. The van der Waals surface area contributed by atoms with Crippen LogP contribution in [-0.2, 0) is 46.5 Å². The van der Waals surface area contributed by atoms with Gasteiger partial charge in [-0.2, -0.15) is 0 Å². The van der Waals surface area contributed by atoms with Crippen molar-refractivity contribution in [2.75, 3.05) is 6.61 Å². The minimum atomic E-state index is -2.79. The van der Waals surface area contributed by atoms with Gasteiger partial charge in [0.1, 0.15) is 42.5 Å². The first-order valence-electron chi connectivity index (χ1n) is 13.3. The standard InChI is InChI=1S/C29H35NO13/c1-16(32)40-22-10-6-4-8-19(22)13-30-25-24(42-18(3)34)12-29(38,43-27(25)26(36)21(35)14-31)28(37)39-15-20-9-5-7-11-23(20)41-17(2)33/h4-11,21,24-27,30-31,35-36,38H,12-15H2,1-3H3/t21-,24+,25-,26-,27-,29?/m1/s1. The number of para-hydroxylation sites is 2. The zero-order valence-electron chi connectivity index (χ0n) is 23.8. The number of hydrogen-bond donors (Lipinski definition) is 5. The Morgan fingerprint density at radius 2 is 1.49 bits per heavy atom. The molecule has 14 heteroatoms. The molecule has 6 atom stereocenters.